The Bertz CT molecular complexity index is 594. The van der Waals surface area contributed by atoms with Crippen LogP contribution >= 0.6 is 0 Å². The maximum atomic E-state index is 12.5. The minimum Gasteiger partial charge on any atom is -0.504 e. The molecule has 0 spiro atoms. The first-order valence-corrected chi connectivity index (χ1v) is 8.79. The van der Waals surface area contributed by atoms with Gasteiger partial charge in [-0.15, -0.1) is 0 Å². The van der Waals surface area contributed by atoms with Gasteiger partial charge in [-0.3, -0.25) is 0 Å². The number of amides is 1. The molecule has 1 aliphatic heterocycles. The molecule has 0 bridgehead atoms. The van der Waals surface area contributed by atoms with Crippen molar-refractivity contribution < 1.29 is 23.7 Å². The van der Waals surface area contributed by atoms with Crippen LogP contribution in [0.4, 0.5) is 4.79 Å². The molecule has 0 unspecified atom stereocenters. The number of hydrogen-bond acceptors (Lipinski definition) is 5. The summed E-state index contributed by atoms with van der Waals surface area (Å²) in [6, 6.07) is 9.96. The van der Waals surface area contributed by atoms with Crippen LogP contribution in [0.25, 0.3) is 0 Å². The van der Waals surface area contributed by atoms with E-state index in [-0.39, 0.29) is 12.2 Å². The van der Waals surface area contributed by atoms with Crippen LogP contribution in [-0.2, 0) is 25.6 Å². The van der Waals surface area contributed by atoms with Crippen molar-refractivity contribution >= 4 is 6.09 Å². The summed E-state index contributed by atoms with van der Waals surface area (Å²) in [6.45, 7) is 7.68. The van der Waals surface area contributed by atoms with Gasteiger partial charge in [-0.05, 0) is 26.3 Å². The average Bonchev–Trinajstić information content (AvgIpc) is 2.78. The van der Waals surface area contributed by atoms with E-state index in [4.69, 9.17) is 18.9 Å². The van der Waals surface area contributed by atoms with Gasteiger partial charge in [0, 0.05) is 5.57 Å². The molecule has 1 amide bonds. The largest absolute Gasteiger partial charge is 0.504 e. The van der Waals surface area contributed by atoms with Crippen LogP contribution in [0, 0.1) is 0 Å². The molecule has 0 radical (unpaired) electrons. The number of hydrogen-bond donors (Lipinski definition) is 0. The van der Waals surface area contributed by atoms with E-state index in [1.807, 2.05) is 51.1 Å². The number of nitrogens with zero attached hydrogens (tertiary/aromatic N) is 1. The van der Waals surface area contributed by atoms with Gasteiger partial charge in [0.2, 0.25) is 0 Å². The minimum absolute atomic E-state index is 0.228. The van der Waals surface area contributed by atoms with E-state index < -0.39 is 5.60 Å². The van der Waals surface area contributed by atoms with E-state index >= 15 is 0 Å². The lowest BCUT2D eigenvalue weighted by atomic mass is 10.2. The van der Waals surface area contributed by atoms with Crippen LogP contribution in [0.1, 0.15) is 26.3 Å². The van der Waals surface area contributed by atoms with Crippen LogP contribution in [0.5, 0.6) is 0 Å². The van der Waals surface area contributed by atoms with Gasteiger partial charge in [0.1, 0.15) is 5.60 Å². The van der Waals surface area contributed by atoms with Gasteiger partial charge in [0.15, 0.2) is 0 Å². The third kappa shape index (κ3) is 7.06. The van der Waals surface area contributed by atoms with Crippen molar-refractivity contribution in [3.63, 3.8) is 0 Å². The Labute approximate surface area is 155 Å². The van der Waals surface area contributed by atoms with Gasteiger partial charge < -0.3 is 23.8 Å². The van der Waals surface area contributed by atoms with Gasteiger partial charge in [-0.25, -0.2) is 4.79 Å². The van der Waals surface area contributed by atoms with Crippen molar-refractivity contribution in [2.45, 2.75) is 39.1 Å². The lowest BCUT2D eigenvalue weighted by Gasteiger charge is -2.28. The Morgan fingerprint density at radius 1 is 1.31 bits per heavy atom. The molecule has 0 saturated carbocycles. The van der Waals surface area contributed by atoms with Crippen LogP contribution in [0.2, 0.25) is 0 Å². The highest BCUT2D eigenvalue weighted by Crippen LogP contribution is 2.16. The first-order chi connectivity index (χ1) is 12.4. The van der Waals surface area contributed by atoms with E-state index in [9.17, 15) is 4.79 Å². The van der Waals surface area contributed by atoms with Gasteiger partial charge in [-0.2, -0.15) is 0 Å². The minimum atomic E-state index is -0.547. The molecule has 0 aliphatic carbocycles. The zero-order valence-corrected chi connectivity index (χ0v) is 16.1. The second kappa shape index (κ2) is 9.59. The monoisotopic (exact) mass is 363 g/mol. The molecule has 26 heavy (non-hydrogen) atoms. The molecule has 6 heteroatoms. The highest BCUT2D eigenvalue weighted by molar-refractivity contribution is 5.68. The standard InChI is InChI=1S/C20H29NO5/c1-20(2,3)26-19(22)21-10-17(12-23-4)14-25-18(11-21)15-24-13-16-8-6-5-7-9-16/h5-9,12,18H,10-11,13-15H2,1-4H3/b17-12-/t18-/m0/s1. The highest BCUT2D eigenvalue weighted by atomic mass is 16.6. The molecule has 1 aromatic carbocycles. The topological polar surface area (TPSA) is 57.2 Å². The lowest BCUT2D eigenvalue weighted by molar-refractivity contribution is -0.0239. The van der Waals surface area contributed by atoms with Crippen molar-refractivity contribution in [2.24, 2.45) is 0 Å². The molecule has 2 rings (SSSR count). The van der Waals surface area contributed by atoms with E-state index in [2.05, 4.69) is 0 Å². The summed E-state index contributed by atoms with van der Waals surface area (Å²) in [5.74, 6) is 0. The molecule has 1 saturated heterocycles. The molecule has 1 fully saturated rings. The Hall–Kier alpha value is -2.05. The maximum absolute atomic E-state index is 12.5. The van der Waals surface area contributed by atoms with Crippen molar-refractivity contribution in [3.05, 3.63) is 47.7 Å². The molecule has 0 N–H and O–H groups in total. The first kappa shape index (κ1) is 20.3. The van der Waals surface area contributed by atoms with E-state index in [1.54, 1.807) is 18.3 Å². The fourth-order valence-electron chi connectivity index (χ4n) is 2.57. The zero-order chi connectivity index (χ0) is 19.0. The second-order valence-electron chi connectivity index (χ2n) is 7.31. The fraction of sp³-hybridized carbons (Fsp3) is 0.550. The summed E-state index contributed by atoms with van der Waals surface area (Å²) in [5, 5.41) is 0. The molecule has 1 aromatic rings. The Morgan fingerprint density at radius 2 is 2.04 bits per heavy atom. The van der Waals surface area contributed by atoms with E-state index in [0.717, 1.165) is 11.1 Å². The van der Waals surface area contributed by atoms with Gasteiger partial charge in [0.25, 0.3) is 0 Å². The highest BCUT2D eigenvalue weighted by Gasteiger charge is 2.28. The molecule has 0 aromatic heterocycles. The van der Waals surface area contributed by atoms with Gasteiger partial charge in [0.05, 0.1) is 52.4 Å². The van der Waals surface area contributed by atoms with Crippen LogP contribution in [0.15, 0.2) is 42.2 Å². The number of ether oxygens (including phenoxy) is 4. The summed E-state index contributed by atoms with van der Waals surface area (Å²) >= 11 is 0. The molecular weight excluding hydrogens is 334 g/mol. The van der Waals surface area contributed by atoms with Crippen molar-refractivity contribution in [2.75, 3.05) is 33.4 Å². The average molecular weight is 363 g/mol. The third-order valence-electron chi connectivity index (χ3n) is 3.67. The SMILES string of the molecule is CO/C=C1\CO[C@H](COCc2ccccc2)CN(C(=O)OC(C)(C)C)C1. The third-order valence-corrected chi connectivity index (χ3v) is 3.67. The fourth-order valence-corrected chi connectivity index (χ4v) is 2.57. The zero-order valence-electron chi connectivity index (χ0n) is 16.1. The molecule has 144 valence electrons. The number of methoxy groups -OCH3 is 1. The quantitative estimate of drug-likeness (QED) is 0.751. The Kier molecular flexibility index (Phi) is 7.48. The van der Waals surface area contributed by atoms with E-state index in [1.165, 1.54) is 0 Å². The van der Waals surface area contributed by atoms with Crippen LogP contribution in [-0.4, -0.2) is 56.1 Å². The second-order valence-corrected chi connectivity index (χ2v) is 7.31. The Morgan fingerprint density at radius 3 is 2.69 bits per heavy atom. The van der Waals surface area contributed by atoms with Crippen LogP contribution in [0.3, 0.4) is 0 Å². The van der Waals surface area contributed by atoms with Crippen molar-refractivity contribution in [1.82, 2.24) is 4.90 Å². The van der Waals surface area contributed by atoms with Gasteiger partial charge >= 0.3 is 6.09 Å². The number of rotatable bonds is 5. The summed E-state index contributed by atoms with van der Waals surface area (Å²) in [7, 11) is 1.58. The smallest absolute Gasteiger partial charge is 0.410 e. The Balaban J connectivity index is 1.96. The number of benzene rings is 1. The normalized spacial score (nSPS) is 19.9. The summed E-state index contributed by atoms with van der Waals surface area (Å²) in [6.07, 6.45) is 1.02. The maximum Gasteiger partial charge on any atom is 0.410 e. The van der Waals surface area contributed by atoms with Crippen molar-refractivity contribution in [3.8, 4) is 0 Å². The summed E-state index contributed by atoms with van der Waals surface area (Å²) in [5.41, 5.74) is 1.43. The molecule has 6 nitrogen and oxygen atoms in total. The lowest BCUT2D eigenvalue weighted by Crippen LogP contribution is -2.41. The molecule has 1 atom stereocenters. The first-order valence-electron chi connectivity index (χ1n) is 8.79. The number of carbonyl (C=O) groups excluding carboxylic acids is 1. The summed E-state index contributed by atoms with van der Waals surface area (Å²) in [4.78, 5) is 14.1. The predicted molar refractivity (Wildman–Crippen MR) is 98.7 cm³/mol. The van der Waals surface area contributed by atoms with Crippen molar-refractivity contribution in [1.29, 1.82) is 0 Å². The van der Waals surface area contributed by atoms with Gasteiger partial charge in [-0.1, -0.05) is 30.3 Å². The molecule has 1 aliphatic rings. The van der Waals surface area contributed by atoms with Crippen LogP contribution < -0.4 is 0 Å². The molecule has 1 heterocycles. The van der Waals surface area contributed by atoms with E-state index in [0.29, 0.717) is 32.9 Å². The predicted octanol–water partition coefficient (Wildman–Crippen LogP) is 3.37. The number of carbonyl (C=O) groups is 1. The molecular formula is C20H29NO5. The summed E-state index contributed by atoms with van der Waals surface area (Å²) < 4.78 is 22.3.